The molecule has 0 radical (unpaired) electrons. The van der Waals surface area contributed by atoms with Crippen molar-refractivity contribution in [2.24, 2.45) is 0 Å². The number of carbonyl (C=O) groups excluding carboxylic acids is 1. The maximum absolute atomic E-state index is 13.2. The van der Waals surface area contributed by atoms with Gasteiger partial charge in [-0.1, -0.05) is 41.5 Å². The Balaban J connectivity index is 0.00000385. The summed E-state index contributed by atoms with van der Waals surface area (Å²) in [7, 11) is 0. The maximum atomic E-state index is 13.2. The molecule has 0 saturated heterocycles. The minimum atomic E-state index is -4.49. The summed E-state index contributed by atoms with van der Waals surface area (Å²) in [6.45, 7) is 11.4. The number of phenols is 1. The summed E-state index contributed by atoms with van der Waals surface area (Å²) in [6.07, 6.45) is -1.95. The van der Waals surface area contributed by atoms with Gasteiger partial charge in [0, 0.05) is 29.1 Å². The molecule has 0 spiro atoms. The highest BCUT2D eigenvalue weighted by Gasteiger charge is 2.31. The number of hydrogen-bond acceptors (Lipinski definition) is 3. The van der Waals surface area contributed by atoms with Crippen molar-refractivity contribution in [2.75, 3.05) is 0 Å². The Bertz CT molecular complexity index is 1220. The quantitative estimate of drug-likeness (QED) is 0.410. The molecule has 2 N–H and O–H groups in total. The van der Waals surface area contributed by atoms with Crippen LogP contribution >= 0.6 is 17.0 Å². The van der Waals surface area contributed by atoms with E-state index in [-0.39, 0.29) is 46.2 Å². The monoisotopic (exact) mass is 527 g/mol. The third-order valence-electron chi connectivity index (χ3n) is 5.46. The Labute approximate surface area is 201 Å². The van der Waals surface area contributed by atoms with Crippen LogP contribution in [0.5, 0.6) is 5.75 Å². The van der Waals surface area contributed by atoms with Crippen molar-refractivity contribution in [1.29, 1.82) is 5.41 Å². The zero-order chi connectivity index (χ0) is 24.2. The maximum Gasteiger partial charge on any atom is 0.416 e. The van der Waals surface area contributed by atoms with E-state index in [1.807, 2.05) is 41.5 Å². The number of benzene rings is 1. The van der Waals surface area contributed by atoms with Crippen molar-refractivity contribution < 1.29 is 23.1 Å². The van der Waals surface area contributed by atoms with Gasteiger partial charge in [0.1, 0.15) is 5.75 Å². The Hall–Kier alpha value is -2.55. The molecule has 5 nitrogen and oxygen atoms in total. The van der Waals surface area contributed by atoms with Gasteiger partial charge in [0.15, 0.2) is 5.78 Å². The fourth-order valence-electron chi connectivity index (χ4n) is 3.65. The number of carbonyl (C=O) groups is 1. The van der Waals surface area contributed by atoms with Gasteiger partial charge in [-0.3, -0.25) is 14.6 Å². The molecule has 180 valence electrons. The summed E-state index contributed by atoms with van der Waals surface area (Å²) in [4.78, 5) is 13.2. The van der Waals surface area contributed by atoms with Crippen LogP contribution in [-0.4, -0.2) is 19.9 Å². The van der Waals surface area contributed by atoms with Gasteiger partial charge in [0.05, 0.1) is 17.6 Å². The van der Waals surface area contributed by atoms with E-state index in [1.54, 1.807) is 12.1 Å². The van der Waals surface area contributed by atoms with E-state index < -0.39 is 22.6 Å². The molecule has 0 bridgehead atoms. The minimum Gasteiger partial charge on any atom is -0.507 e. The number of Topliss-reactive ketones (excluding diaryl/α,β-unsaturated/α-hetero) is 1. The number of rotatable bonds is 3. The standard InChI is InChI=1S/C24H28F3N3O2.BrH/c1-22(2,3)17-9-14(10-18(20(17)32)23(4,5)6)19(31)13-29-12-16-11-15(24(25,26)27)7-8-30(16)21(29)28;/h7-12,28,32H,13H2,1-6H3;1H. The second kappa shape index (κ2) is 8.66. The number of nitrogens with zero attached hydrogens (tertiary/aromatic N) is 2. The molecule has 0 unspecified atom stereocenters. The smallest absolute Gasteiger partial charge is 0.416 e. The first kappa shape index (κ1) is 26.7. The van der Waals surface area contributed by atoms with Gasteiger partial charge >= 0.3 is 6.18 Å². The van der Waals surface area contributed by atoms with Crippen molar-refractivity contribution in [3.63, 3.8) is 0 Å². The number of aromatic hydroxyl groups is 1. The van der Waals surface area contributed by atoms with Gasteiger partial charge in [0.2, 0.25) is 5.62 Å². The lowest BCUT2D eigenvalue weighted by Gasteiger charge is -2.28. The van der Waals surface area contributed by atoms with Gasteiger partial charge in [-0.2, -0.15) is 13.2 Å². The molecule has 9 heteroatoms. The molecule has 0 aliphatic rings. The van der Waals surface area contributed by atoms with Crippen molar-refractivity contribution >= 4 is 28.3 Å². The Morgan fingerprint density at radius 2 is 1.52 bits per heavy atom. The molecule has 2 aromatic heterocycles. The molecule has 3 aromatic rings. The van der Waals surface area contributed by atoms with E-state index in [1.165, 1.54) is 21.4 Å². The summed E-state index contributed by atoms with van der Waals surface area (Å²) in [5, 5.41) is 19.1. The first-order chi connectivity index (χ1) is 14.5. The van der Waals surface area contributed by atoms with Crippen LogP contribution in [-0.2, 0) is 23.6 Å². The van der Waals surface area contributed by atoms with E-state index >= 15 is 0 Å². The highest BCUT2D eigenvalue weighted by Crippen LogP contribution is 2.40. The number of hydrogen-bond donors (Lipinski definition) is 2. The fraction of sp³-hybridized carbons (Fsp3) is 0.417. The Morgan fingerprint density at radius 3 is 1.97 bits per heavy atom. The molecule has 1 aromatic carbocycles. The topological polar surface area (TPSA) is 70.5 Å². The molecule has 0 saturated carbocycles. The van der Waals surface area contributed by atoms with Gasteiger partial charge < -0.3 is 9.67 Å². The highest BCUT2D eigenvalue weighted by molar-refractivity contribution is 8.93. The number of aromatic nitrogens is 2. The molecule has 0 atom stereocenters. The van der Waals surface area contributed by atoms with Crippen LogP contribution in [0.1, 0.15) is 68.6 Å². The molecule has 3 rings (SSSR count). The van der Waals surface area contributed by atoms with Crippen LogP contribution in [0.15, 0.2) is 36.7 Å². The average Bonchev–Trinajstić information content (AvgIpc) is 2.94. The molecule has 0 amide bonds. The molecule has 2 heterocycles. The Morgan fingerprint density at radius 1 is 1.00 bits per heavy atom. The van der Waals surface area contributed by atoms with Crippen LogP contribution < -0.4 is 5.62 Å². The summed E-state index contributed by atoms with van der Waals surface area (Å²) >= 11 is 0. The number of fused-ring (bicyclic) bond motifs is 1. The molecule has 33 heavy (non-hydrogen) atoms. The summed E-state index contributed by atoms with van der Waals surface area (Å²) < 4.78 is 41.7. The van der Waals surface area contributed by atoms with Crippen LogP contribution in [0.3, 0.4) is 0 Å². The van der Waals surface area contributed by atoms with Crippen molar-refractivity contribution in [3.8, 4) is 5.75 Å². The third kappa shape index (κ3) is 5.34. The second-order valence-corrected chi connectivity index (χ2v) is 10.1. The van der Waals surface area contributed by atoms with E-state index in [4.69, 9.17) is 5.41 Å². The number of phenolic OH excluding ortho intramolecular Hbond substituents is 1. The van der Waals surface area contributed by atoms with Crippen LogP contribution in [0.2, 0.25) is 0 Å². The zero-order valence-electron chi connectivity index (χ0n) is 19.5. The number of imidazole rings is 1. The molecule has 0 aliphatic carbocycles. The predicted molar refractivity (Wildman–Crippen MR) is 126 cm³/mol. The van der Waals surface area contributed by atoms with Crippen LogP contribution in [0.4, 0.5) is 13.2 Å². The number of ketones is 1. The van der Waals surface area contributed by atoms with E-state index in [2.05, 4.69) is 0 Å². The summed E-state index contributed by atoms with van der Waals surface area (Å²) in [5.74, 6) is -0.142. The van der Waals surface area contributed by atoms with Crippen molar-refractivity contribution in [3.05, 3.63) is 64.5 Å². The van der Waals surface area contributed by atoms with Gasteiger partial charge in [-0.05, 0) is 35.1 Å². The van der Waals surface area contributed by atoms with E-state index in [0.717, 1.165) is 12.1 Å². The average molecular weight is 528 g/mol. The number of nitrogens with one attached hydrogen (secondary N) is 1. The van der Waals surface area contributed by atoms with Crippen LogP contribution in [0.25, 0.3) is 5.52 Å². The van der Waals surface area contributed by atoms with E-state index in [0.29, 0.717) is 16.7 Å². The highest BCUT2D eigenvalue weighted by atomic mass is 79.9. The number of pyridine rings is 1. The van der Waals surface area contributed by atoms with Gasteiger partial charge in [0.25, 0.3) is 0 Å². The molecule has 0 aliphatic heterocycles. The Kier molecular flexibility index (Phi) is 7.01. The lowest BCUT2D eigenvalue weighted by molar-refractivity contribution is -0.137. The zero-order valence-corrected chi connectivity index (χ0v) is 21.2. The van der Waals surface area contributed by atoms with Crippen LogP contribution in [0, 0.1) is 5.41 Å². The minimum absolute atomic E-state index is 0. The lowest BCUT2D eigenvalue weighted by Crippen LogP contribution is -2.25. The number of alkyl halides is 3. The third-order valence-corrected chi connectivity index (χ3v) is 5.46. The second-order valence-electron chi connectivity index (χ2n) is 10.1. The molecule has 0 fully saturated rings. The summed E-state index contributed by atoms with van der Waals surface area (Å²) in [6, 6.07) is 5.18. The van der Waals surface area contributed by atoms with E-state index in [9.17, 15) is 23.1 Å². The fourth-order valence-corrected chi connectivity index (χ4v) is 3.65. The first-order valence-corrected chi connectivity index (χ1v) is 10.2. The van der Waals surface area contributed by atoms with Crippen molar-refractivity contribution in [1.82, 2.24) is 8.97 Å². The summed E-state index contributed by atoms with van der Waals surface area (Å²) in [5.41, 5.74) is 0.101. The SMILES string of the molecule is Br.CC(C)(C)c1cc(C(=O)Cn2cc3cc(C(F)(F)F)ccn3c2=N)cc(C(C)(C)C)c1O. The normalized spacial score (nSPS) is 12.6. The lowest BCUT2D eigenvalue weighted by atomic mass is 9.78. The van der Waals surface area contributed by atoms with Crippen molar-refractivity contribution in [2.45, 2.75) is 65.1 Å². The predicted octanol–water partition coefficient (Wildman–Crippen LogP) is 6.00. The molecular weight excluding hydrogens is 499 g/mol. The number of halogens is 4. The van der Waals surface area contributed by atoms with Gasteiger partial charge in [-0.15, -0.1) is 17.0 Å². The molecular formula is C24H29BrF3N3O2. The first-order valence-electron chi connectivity index (χ1n) is 10.2. The largest absolute Gasteiger partial charge is 0.507 e. The van der Waals surface area contributed by atoms with Gasteiger partial charge in [-0.25, -0.2) is 0 Å².